The van der Waals surface area contributed by atoms with E-state index in [1.165, 1.54) is 0 Å². The fourth-order valence-electron chi connectivity index (χ4n) is 4.54. The number of hydrogen-bond donors (Lipinski definition) is 1. The van der Waals surface area contributed by atoms with Gasteiger partial charge < -0.3 is 14.4 Å². The fourth-order valence-corrected chi connectivity index (χ4v) is 5.81. The van der Waals surface area contributed by atoms with E-state index in [0.717, 1.165) is 56.6 Å². The molecule has 0 atom stereocenters. The molecule has 0 radical (unpaired) electrons. The Kier molecular flexibility index (Phi) is 8.21. The molecule has 8 heteroatoms. The molecule has 3 aromatic carbocycles. The van der Waals surface area contributed by atoms with Crippen molar-refractivity contribution in [1.29, 1.82) is 0 Å². The van der Waals surface area contributed by atoms with Crippen LogP contribution >= 0.6 is 11.3 Å². The Balaban J connectivity index is 1.28. The van der Waals surface area contributed by atoms with Crippen LogP contribution in [-0.4, -0.2) is 43.2 Å². The van der Waals surface area contributed by atoms with E-state index in [1.54, 1.807) is 25.6 Å². The van der Waals surface area contributed by atoms with E-state index in [0.29, 0.717) is 25.6 Å². The molecule has 0 aliphatic carbocycles. The van der Waals surface area contributed by atoms with Crippen molar-refractivity contribution >= 4 is 17.4 Å². The van der Waals surface area contributed by atoms with Gasteiger partial charge in [-0.1, -0.05) is 30.3 Å². The van der Waals surface area contributed by atoms with Crippen molar-refractivity contribution in [3.63, 3.8) is 0 Å². The first-order valence-electron chi connectivity index (χ1n) is 12.6. The highest BCUT2D eigenvalue weighted by atomic mass is 32.1. The summed E-state index contributed by atoms with van der Waals surface area (Å²) in [7, 11) is 3.34. The molecule has 5 rings (SSSR count). The third-order valence-corrected chi connectivity index (χ3v) is 8.00. The van der Waals surface area contributed by atoms with Crippen LogP contribution < -0.4 is 15.0 Å². The minimum Gasteiger partial charge on any atom is -0.497 e. The van der Waals surface area contributed by atoms with Gasteiger partial charge in [-0.15, -0.1) is 11.3 Å². The second-order valence-electron chi connectivity index (χ2n) is 9.13. The number of methoxy groups -OCH3 is 2. The number of aromatic nitrogens is 1. The second kappa shape index (κ2) is 12.1. The Morgan fingerprint density at radius 1 is 0.895 bits per heavy atom. The molecule has 1 N–H and O–H groups in total. The van der Waals surface area contributed by atoms with Crippen molar-refractivity contribution in [2.24, 2.45) is 0 Å². The molecular formula is C30H31N3O4S. The summed E-state index contributed by atoms with van der Waals surface area (Å²) >= 11 is 1.73. The van der Waals surface area contributed by atoms with Crippen molar-refractivity contribution in [1.82, 2.24) is 15.4 Å². The number of benzene rings is 3. The number of ether oxygens (including phenoxy) is 2. The minimum atomic E-state index is -0.198. The van der Waals surface area contributed by atoms with E-state index in [1.807, 2.05) is 71.6 Å². The lowest BCUT2D eigenvalue weighted by Crippen LogP contribution is -2.44. The van der Waals surface area contributed by atoms with Crippen molar-refractivity contribution in [2.45, 2.75) is 25.4 Å². The first kappa shape index (κ1) is 25.8. The van der Waals surface area contributed by atoms with E-state index in [9.17, 15) is 4.79 Å². The molecule has 38 heavy (non-hydrogen) atoms. The number of carbonyl (C=O) groups excluding carboxylic acids is 1. The van der Waals surface area contributed by atoms with Crippen molar-refractivity contribution in [3.05, 3.63) is 89.4 Å². The highest BCUT2D eigenvalue weighted by Gasteiger charge is 2.27. The van der Waals surface area contributed by atoms with Gasteiger partial charge in [-0.05, 0) is 72.5 Å². The fraction of sp³-hybridized carbons (Fsp3) is 0.267. The summed E-state index contributed by atoms with van der Waals surface area (Å²) in [6.45, 7) is 1.64. The standard InChI is InChI=1S/C30H31N3O4S/c1-35-25-12-8-22(9-13-25)27-28(23-10-14-26(36-2)15-11-23)38-29(31-27)24-16-18-33(19-17-24)30(34)32-37-20-21-6-4-3-5-7-21/h3-15,24H,16-20H2,1-2H3,(H,32,34). The molecule has 196 valence electrons. The summed E-state index contributed by atoms with van der Waals surface area (Å²) in [6.07, 6.45) is 1.70. The van der Waals surface area contributed by atoms with Gasteiger partial charge in [0, 0.05) is 24.6 Å². The van der Waals surface area contributed by atoms with Gasteiger partial charge in [-0.3, -0.25) is 4.84 Å². The number of likely N-dealkylation sites (tertiary alicyclic amines) is 1. The smallest absolute Gasteiger partial charge is 0.341 e. The van der Waals surface area contributed by atoms with Crippen LogP contribution in [0.25, 0.3) is 21.7 Å². The molecule has 2 heterocycles. The number of urea groups is 1. The van der Waals surface area contributed by atoms with Gasteiger partial charge in [0.1, 0.15) is 11.5 Å². The first-order valence-corrected chi connectivity index (χ1v) is 13.5. The molecule has 4 aromatic rings. The van der Waals surface area contributed by atoms with Gasteiger partial charge in [0.2, 0.25) is 0 Å². The summed E-state index contributed by atoms with van der Waals surface area (Å²) in [5, 5.41) is 1.10. The van der Waals surface area contributed by atoms with E-state index in [-0.39, 0.29) is 6.03 Å². The lowest BCUT2D eigenvalue weighted by Gasteiger charge is -2.30. The maximum Gasteiger partial charge on any atom is 0.341 e. The molecule has 7 nitrogen and oxygen atoms in total. The van der Waals surface area contributed by atoms with Crippen LogP contribution in [0.1, 0.15) is 29.3 Å². The maximum atomic E-state index is 12.6. The third-order valence-electron chi connectivity index (χ3n) is 6.73. The first-order chi connectivity index (χ1) is 18.6. The number of hydrogen-bond acceptors (Lipinski definition) is 6. The number of carbonyl (C=O) groups is 1. The molecule has 1 aliphatic heterocycles. The van der Waals surface area contributed by atoms with Gasteiger partial charge in [-0.2, -0.15) is 0 Å². The van der Waals surface area contributed by atoms with Gasteiger partial charge in [0.25, 0.3) is 0 Å². The average Bonchev–Trinajstić information content (AvgIpc) is 3.43. The van der Waals surface area contributed by atoms with E-state index < -0.39 is 0 Å². The lowest BCUT2D eigenvalue weighted by atomic mass is 9.97. The zero-order valence-corrected chi connectivity index (χ0v) is 22.4. The molecular weight excluding hydrogens is 498 g/mol. The molecule has 1 fully saturated rings. The molecule has 1 aliphatic rings. The SMILES string of the molecule is COc1ccc(-c2nc(C3CCN(C(=O)NOCc4ccccc4)CC3)sc2-c2ccc(OC)cc2)cc1. The predicted octanol–water partition coefficient (Wildman–Crippen LogP) is 6.52. The average molecular weight is 530 g/mol. The Bertz CT molecular complexity index is 1270. The summed E-state index contributed by atoms with van der Waals surface area (Å²) in [5.41, 5.74) is 6.71. The summed E-state index contributed by atoms with van der Waals surface area (Å²) in [6, 6.07) is 25.7. The molecule has 0 bridgehead atoms. The summed E-state index contributed by atoms with van der Waals surface area (Å²) < 4.78 is 10.7. The lowest BCUT2D eigenvalue weighted by molar-refractivity contribution is 0.0340. The Hall–Kier alpha value is -3.88. The van der Waals surface area contributed by atoms with E-state index >= 15 is 0 Å². The zero-order valence-electron chi connectivity index (χ0n) is 21.6. The van der Waals surface area contributed by atoms with Crippen LogP contribution in [0.4, 0.5) is 4.79 Å². The highest BCUT2D eigenvalue weighted by Crippen LogP contribution is 2.42. The second-order valence-corrected chi connectivity index (χ2v) is 10.2. The zero-order chi connectivity index (χ0) is 26.3. The summed E-state index contributed by atoms with van der Waals surface area (Å²) in [5.74, 6) is 1.93. The maximum absolute atomic E-state index is 12.6. The van der Waals surface area contributed by atoms with Crippen LogP contribution in [0.15, 0.2) is 78.9 Å². The van der Waals surface area contributed by atoms with Gasteiger partial charge in [0.05, 0.1) is 36.4 Å². The molecule has 1 aromatic heterocycles. The van der Waals surface area contributed by atoms with Crippen LogP contribution in [0.2, 0.25) is 0 Å². The molecule has 0 unspecified atom stereocenters. The minimum absolute atomic E-state index is 0.198. The highest BCUT2D eigenvalue weighted by molar-refractivity contribution is 7.15. The number of piperidine rings is 1. The largest absolute Gasteiger partial charge is 0.497 e. The molecule has 0 saturated carbocycles. The number of thiazole rings is 1. The topological polar surface area (TPSA) is 72.9 Å². The quantitative estimate of drug-likeness (QED) is 0.263. The van der Waals surface area contributed by atoms with Crippen LogP contribution in [0.3, 0.4) is 0 Å². The Labute approximate surface area is 227 Å². The molecule has 2 amide bonds. The van der Waals surface area contributed by atoms with Crippen molar-refractivity contribution in [2.75, 3.05) is 27.3 Å². The summed E-state index contributed by atoms with van der Waals surface area (Å²) in [4.78, 5) is 26.1. The van der Waals surface area contributed by atoms with E-state index in [4.69, 9.17) is 19.3 Å². The predicted molar refractivity (Wildman–Crippen MR) is 149 cm³/mol. The normalized spacial score (nSPS) is 13.8. The van der Waals surface area contributed by atoms with E-state index in [2.05, 4.69) is 17.6 Å². The van der Waals surface area contributed by atoms with Gasteiger partial charge in [-0.25, -0.2) is 15.3 Å². The number of hydroxylamine groups is 1. The van der Waals surface area contributed by atoms with Gasteiger partial charge in [0.15, 0.2) is 0 Å². The Morgan fingerprint density at radius 2 is 1.50 bits per heavy atom. The number of amides is 2. The van der Waals surface area contributed by atoms with Crippen LogP contribution in [0, 0.1) is 0 Å². The van der Waals surface area contributed by atoms with Crippen LogP contribution in [-0.2, 0) is 11.4 Å². The van der Waals surface area contributed by atoms with Crippen molar-refractivity contribution in [3.8, 4) is 33.2 Å². The van der Waals surface area contributed by atoms with Crippen LogP contribution in [0.5, 0.6) is 11.5 Å². The van der Waals surface area contributed by atoms with Crippen molar-refractivity contribution < 1.29 is 19.1 Å². The monoisotopic (exact) mass is 529 g/mol. The number of nitrogens with zero attached hydrogens (tertiary/aromatic N) is 2. The Morgan fingerprint density at radius 3 is 2.11 bits per heavy atom. The third kappa shape index (κ3) is 5.98. The van der Waals surface area contributed by atoms with Gasteiger partial charge >= 0.3 is 6.03 Å². The molecule has 0 spiro atoms. The molecule has 1 saturated heterocycles. The number of nitrogens with one attached hydrogen (secondary N) is 1. The number of rotatable bonds is 8.